The summed E-state index contributed by atoms with van der Waals surface area (Å²) >= 11 is 0. The van der Waals surface area contributed by atoms with Gasteiger partial charge in [-0.15, -0.1) is 29.9 Å². The second-order valence-corrected chi connectivity index (χ2v) is 5.28. The van der Waals surface area contributed by atoms with E-state index in [0.717, 1.165) is 24.5 Å². The van der Waals surface area contributed by atoms with Gasteiger partial charge in [0.05, 0.1) is 0 Å². The summed E-state index contributed by atoms with van der Waals surface area (Å²) in [5.41, 5.74) is 6.94. The third kappa shape index (κ3) is 4.56. The van der Waals surface area contributed by atoms with Crippen LogP contribution in [0.3, 0.4) is 0 Å². The fraction of sp³-hybridized carbons (Fsp3) is 0.312. The average molecular weight is 370 g/mol. The van der Waals surface area contributed by atoms with Gasteiger partial charge in [0.15, 0.2) is 5.82 Å². The molecule has 1 aromatic carbocycles. The van der Waals surface area contributed by atoms with Crippen LogP contribution in [0.25, 0.3) is 0 Å². The smallest absolute Gasteiger partial charge is 0.244 e. The third-order valence-electron chi connectivity index (χ3n) is 3.90. The van der Waals surface area contributed by atoms with Crippen LogP contribution in [0, 0.1) is 0 Å². The number of anilines is 1. The Labute approximate surface area is 153 Å². The van der Waals surface area contributed by atoms with Gasteiger partial charge in [0.1, 0.15) is 6.04 Å². The number of piperazine rings is 1. The van der Waals surface area contributed by atoms with Crippen LogP contribution < -0.4 is 10.6 Å². The molecule has 2 heterocycles. The highest BCUT2D eigenvalue weighted by Crippen LogP contribution is 2.16. The molecule has 130 valence electrons. The van der Waals surface area contributed by atoms with Gasteiger partial charge in [0.2, 0.25) is 5.91 Å². The van der Waals surface area contributed by atoms with Crippen molar-refractivity contribution in [1.29, 1.82) is 0 Å². The van der Waals surface area contributed by atoms with Crippen molar-refractivity contribution in [3.05, 3.63) is 54.2 Å². The minimum Gasteiger partial charge on any atom is -0.352 e. The van der Waals surface area contributed by atoms with Gasteiger partial charge in [-0.1, -0.05) is 30.3 Å². The van der Waals surface area contributed by atoms with E-state index in [-0.39, 0.29) is 30.7 Å². The van der Waals surface area contributed by atoms with E-state index in [9.17, 15) is 4.79 Å². The van der Waals surface area contributed by atoms with E-state index < -0.39 is 6.04 Å². The summed E-state index contributed by atoms with van der Waals surface area (Å²) in [5, 5.41) is 7.99. The number of aromatic nitrogens is 2. The Kier molecular flexibility index (Phi) is 7.91. The number of amides is 1. The van der Waals surface area contributed by atoms with E-state index in [1.165, 1.54) is 0 Å². The van der Waals surface area contributed by atoms with Crippen molar-refractivity contribution in [3.63, 3.8) is 0 Å². The summed E-state index contributed by atoms with van der Waals surface area (Å²) in [6.45, 7) is 2.78. The molecule has 0 spiro atoms. The highest BCUT2D eigenvalue weighted by atomic mass is 35.5. The molecule has 2 N–H and O–H groups in total. The van der Waals surface area contributed by atoms with Gasteiger partial charge in [-0.3, -0.25) is 4.79 Å². The van der Waals surface area contributed by atoms with Crippen LogP contribution in [0.15, 0.2) is 48.7 Å². The zero-order valence-electron chi connectivity index (χ0n) is 13.1. The monoisotopic (exact) mass is 369 g/mol. The SMILES string of the molecule is Cl.Cl.NC(C(=O)N1CCN(c2cccnn2)CC1)c1ccccc1. The average Bonchev–Trinajstić information content (AvgIpc) is 2.62. The Bertz CT molecular complexity index is 621. The summed E-state index contributed by atoms with van der Waals surface area (Å²) in [7, 11) is 0. The molecule has 1 aromatic heterocycles. The molecular formula is C16H21Cl2N5O. The van der Waals surface area contributed by atoms with Crippen LogP contribution >= 0.6 is 24.8 Å². The molecule has 8 heteroatoms. The standard InChI is InChI=1S/C16H19N5O.2ClH/c17-15(13-5-2-1-3-6-13)16(22)21-11-9-20(10-12-21)14-7-4-8-18-19-14;;/h1-8,15H,9-12,17H2;2*1H. The number of nitrogens with two attached hydrogens (primary N) is 1. The lowest BCUT2D eigenvalue weighted by Crippen LogP contribution is -2.51. The van der Waals surface area contributed by atoms with E-state index in [1.54, 1.807) is 6.20 Å². The molecule has 0 saturated carbocycles. The molecule has 3 rings (SSSR count). The number of halogens is 2. The first kappa shape index (κ1) is 20.2. The van der Waals surface area contributed by atoms with E-state index in [4.69, 9.17) is 5.73 Å². The zero-order chi connectivity index (χ0) is 15.4. The molecule has 1 unspecified atom stereocenters. The second-order valence-electron chi connectivity index (χ2n) is 5.28. The van der Waals surface area contributed by atoms with Gasteiger partial charge in [-0.25, -0.2) is 0 Å². The van der Waals surface area contributed by atoms with Crippen LogP contribution in [-0.2, 0) is 4.79 Å². The number of rotatable bonds is 3. The van der Waals surface area contributed by atoms with E-state index in [1.807, 2.05) is 47.4 Å². The van der Waals surface area contributed by atoms with Crippen molar-refractivity contribution < 1.29 is 4.79 Å². The molecule has 1 aliphatic heterocycles. The van der Waals surface area contributed by atoms with Gasteiger partial charge in [-0.05, 0) is 17.7 Å². The number of hydrogen-bond acceptors (Lipinski definition) is 5. The van der Waals surface area contributed by atoms with Crippen LogP contribution in [0.4, 0.5) is 5.82 Å². The lowest BCUT2D eigenvalue weighted by atomic mass is 10.1. The Hall–Kier alpha value is -1.89. The summed E-state index contributed by atoms with van der Waals surface area (Å²) < 4.78 is 0. The molecule has 0 radical (unpaired) electrons. The van der Waals surface area contributed by atoms with Crippen molar-refractivity contribution in [1.82, 2.24) is 15.1 Å². The predicted molar refractivity (Wildman–Crippen MR) is 98.7 cm³/mol. The molecule has 1 aliphatic rings. The first-order valence-electron chi connectivity index (χ1n) is 7.37. The normalized spacial score (nSPS) is 15.0. The molecule has 1 fully saturated rings. The number of carbonyl (C=O) groups is 1. The minimum atomic E-state index is -0.593. The molecule has 24 heavy (non-hydrogen) atoms. The Morgan fingerprint density at radius 3 is 2.25 bits per heavy atom. The minimum absolute atomic E-state index is 0. The van der Waals surface area contributed by atoms with Crippen LogP contribution in [0.1, 0.15) is 11.6 Å². The largest absolute Gasteiger partial charge is 0.352 e. The van der Waals surface area contributed by atoms with Gasteiger partial charge < -0.3 is 15.5 Å². The maximum absolute atomic E-state index is 12.5. The number of hydrogen-bond donors (Lipinski definition) is 1. The fourth-order valence-corrected chi connectivity index (χ4v) is 2.62. The lowest BCUT2D eigenvalue weighted by molar-refractivity contribution is -0.133. The van der Waals surface area contributed by atoms with Gasteiger partial charge in [0, 0.05) is 32.4 Å². The van der Waals surface area contributed by atoms with Crippen molar-refractivity contribution in [2.75, 3.05) is 31.1 Å². The maximum Gasteiger partial charge on any atom is 0.244 e. The molecule has 2 aromatic rings. The Morgan fingerprint density at radius 2 is 1.67 bits per heavy atom. The number of benzene rings is 1. The summed E-state index contributed by atoms with van der Waals surface area (Å²) in [6, 6.07) is 12.7. The van der Waals surface area contributed by atoms with Gasteiger partial charge in [0.25, 0.3) is 0 Å². The summed E-state index contributed by atoms with van der Waals surface area (Å²) in [6.07, 6.45) is 1.65. The molecule has 0 bridgehead atoms. The van der Waals surface area contributed by atoms with Crippen molar-refractivity contribution >= 4 is 36.5 Å². The third-order valence-corrected chi connectivity index (χ3v) is 3.90. The summed E-state index contributed by atoms with van der Waals surface area (Å²) in [5.74, 6) is 0.826. The van der Waals surface area contributed by atoms with E-state index >= 15 is 0 Å². The topological polar surface area (TPSA) is 75.4 Å². The van der Waals surface area contributed by atoms with Crippen LogP contribution in [0.5, 0.6) is 0 Å². The molecule has 1 atom stereocenters. The highest BCUT2D eigenvalue weighted by Gasteiger charge is 2.26. The Morgan fingerprint density at radius 1 is 1.00 bits per heavy atom. The highest BCUT2D eigenvalue weighted by molar-refractivity contribution is 5.85. The van der Waals surface area contributed by atoms with Gasteiger partial charge >= 0.3 is 0 Å². The number of carbonyl (C=O) groups excluding carboxylic acids is 1. The fourth-order valence-electron chi connectivity index (χ4n) is 2.62. The van der Waals surface area contributed by atoms with Crippen LogP contribution in [-0.4, -0.2) is 47.2 Å². The van der Waals surface area contributed by atoms with Crippen molar-refractivity contribution in [3.8, 4) is 0 Å². The van der Waals surface area contributed by atoms with Gasteiger partial charge in [-0.2, -0.15) is 5.10 Å². The number of nitrogens with zero attached hydrogens (tertiary/aromatic N) is 4. The molecule has 1 amide bonds. The first-order valence-corrected chi connectivity index (χ1v) is 7.37. The summed E-state index contributed by atoms with van der Waals surface area (Å²) in [4.78, 5) is 16.4. The van der Waals surface area contributed by atoms with Crippen molar-refractivity contribution in [2.45, 2.75) is 6.04 Å². The second kappa shape index (κ2) is 9.42. The molecule has 6 nitrogen and oxygen atoms in total. The quantitative estimate of drug-likeness (QED) is 0.890. The van der Waals surface area contributed by atoms with E-state index in [2.05, 4.69) is 15.1 Å². The van der Waals surface area contributed by atoms with Crippen molar-refractivity contribution in [2.24, 2.45) is 5.73 Å². The lowest BCUT2D eigenvalue weighted by Gasteiger charge is -2.36. The Balaban J connectivity index is 0.00000144. The van der Waals surface area contributed by atoms with E-state index in [0.29, 0.717) is 13.1 Å². The molecule has 1 saturated heterocycles. The molecular weight excluding hydrogens is 349 g/mol. The first-order chi connectivity index (χ1) is 10.8. The maximum atomic E-state index is 12.5. The van der Waals surface area contributed by atoms with Crippen LogP contribution in [0.2, 0.25) is 0 Å². The zero-order valence-corrected chi connectivity index (χ0v) is 14.7. The predicted octanol–water partition coefficient (Wildman–Crippen LogP) is 1.67. The molecule has 0 aliphatic carbocycles.